The van der Waals surface area contributed by atoms with Gasteiger partial charge in [0.15, 0.2) is 0 Å². The molecule has 3 aromatic carbocycles. The highest BCUT2D eigenvalue weighted by Crippen LogP contribution is 2.43. The van der Waals surface area contributed by atoms with Crippen LogP contribution in [-0.4, -0.2) is 76.8 Å². The van der Waals surface area contributed by atoms with Gasteiger partial charge in [-0.2, -0.15) is 0 Å². The number of aromatic amines is 2. The van der Waals surface area contributed by atoms with Crippen molar-refractivity contribution in [3.63, 3.8) is 0 Å². The Labute approximate surface area is 297 Å². The number of ether oxygens (including phenoxy) is 3. The van der Waals surface area contributed by atoms with Gasteiger partial charge in [0.2, 0.25) is 5.91 Å². The third kappa shape index (κ3) is 6.90. The molecular formula is C39H47N7O5. The van der Waals surface area contributed by atoms with Gasteiger partial charge in [-0.25, -0.2) is 14.8 Å². The minimum Gasteiger partial charge on any atom is -0.488 e. The van der Waals surface area contributed by atoms with Gasteiger partial charge in [0.05, 0.1) is 49.2 Å². The molecule has 268 valence electrons. The maximum absolute atomic E-state index is 14.0. The Hall–Kier alpha value is -4.94. The van der Waals surface area contributed by atoms with Gasteiger partial charge in [0, 0.05) is 30.5 Å². The van der Waals surface area contributed by atoms with Crippen LogP contribution in [0.4, 0.5) is 4.79 Å². The van der Waals surface area contributed by atoms with Crippen LogP contribution in [0.1, 0.15) is 57.4 Å². The van der Waals surface area contributed by atoms with Gasteiger partial charge >= 0.3 is 6.09 Å². The fourth-order valence-electron chi connectivity index (χ4n) is 7.37. The molecule has 1 saturated heterocycles. The molecule has 4 heterocycles. The second kappa shape index (κ2) is 14.4. The maximum Gasteiger partial charge on any atom is 0.407 e. The number of hydrogen-bond acceptors (Lipinski definition) is 8. The van der Waals surface area contributed by atoms with Crippen LogP contribution in [0.5, 0.6) is 5.75 Å². The summed E-state index contributed by atoms with van der Waals surface area (Å²) in [4.78, 5) is 44.6. The van der Waals surface area contributed by atoms with E-state index in [1.165, 1.54) is 7.11 Å². The van der Waals surface area contributed by atoms with Crippen molar-refractivity contribution >= 4 is 33.8 Å². The molecule has 0 spiro atoms. The molecule has 12 nitrogen and oxygen atoms in total. The van der Waals surface area contributed by atoms with Crippen molar-refractivity contribution in [3.8, 4) is 28.1 Å². The summed E-state index contributed by atoms with van der Waals surface area (Å²) < 4.78 is 16.7. The van der Waals surface area contributed by atoms with E-state index in [0.717, 1.165) is 67.9 Å². The number of fused-ring (bicyclic) bond motifs is 6. The molecule has 2 aliphatic heterocycles. The first kappa shape index (κ1) is 34.5. The van der Waals surface area contributed by atoms with E-state index in [2.05, 4.69) is 75.8 Å². The van der Waals surface area contributed by atoms with Crippen LogP contribution < -0.4 is 15.4 Å². The lowest BCUT2D eigenvalue weighted by atomic mass is 9.92. The first-order chi connectivity index (χ1) is 24.6. The molecule has 0 saturated carbocycles. The van der Waals surface area contributed by atoms with E-state index in [-0.39, 0.29) is 23.8 Å². The van der Waals surface area contributed by atoms with Gasteiger partial charge in [0.1, 0.15) is 30.0 Å². The van der Waals surface area contributed by atoms with Crippen LogP contribution in [0.3, 0.4) is 0 Å². The number of H-pyrrole nitrogens is 2. The molecule has 2 aromatic heterocycles. The quantitative estimate of drug-likeness (QED) is 0.126. The largest absolute Gasteiger partial charge is 0.488 e. The van der Waals surface area contributed by atoms with Gasteiger partial charge < -0.3 is 39.7 Å². The normalized spacial score (nSPS) is 17.5. The van der Waals surface area contributed by atoms with E-state index in [9.17, 15) is 9.59 Å². The summed E-state index contributed by atoms with van der Waals surface area (Å²) in [5, 5.41) is 8.19. The molecule has 3 atom stereocenters. The number of imidazole rings is 2. The predicted octanol–water partition coefficient (Wildman–Crippen LogP) is 6.33. The highest BCUT2D eigenvalue weighted by Gasteiger charge is 2.41. The van der Waals surface area contributed by atoms with Crippen molar-refractivity contribution in [1.82, 2.24) is 35.5 Å². The Bertz CT molecular complexity index is 2070. The van der Waals surface area contributed by atoms with E-state index in [1.54, 1.807) is 7.11 Å². The van der Waals surface area contributed by atoms with Crippen LogP contribution in [0.2, 0.25) is 0 Å². The minimum absolute atomic E-state index is 0.128. The number of alkyl carbamates (subject to hydrolysis) is 1. The molecule has 7 rings (SSSR count). The minimum atomic E-state index is -0.733. The molecule has 1 fully saturated rings. The van der Waals surface area contributed by atoms with Gasteiger partial charge in [-0.15, -0.1) is 0 Å². The number of carbonyl (C=O) groups excluding carboxylic acids is 2. The molecule has 3 unspecified atom stereocenters. The summed E-state index contributed by atoms with van der Waals surface area (Å²) in [5.41, 5.74) is 7.07. The van der Waals surface area contributed by atoms with Crippen LogP contribution in [0, 0.1) is 17.8 Å². The van der Waals surface area contributed by atoms with Crippen molar-refractivity contribution in [2.45, 2.75) is 59.4 Å². The summed E-state index contributed by atoms with van der Waals surface area (Å²) in [7, 11) is 2.97. The lowest BCUT2D eigenvalue weighted by Crippen LogP contribution is -2.51. The van der Waals surface area contributed by atoms with Crippen molar-refractivity contribution in [3.05, 3.63) is 65.9 Å². The molecule has 2 aliphatic rings. The van der Waals surface area contributed by atoms with Crippen molar-refractivity contribution in [2.24, 2.45) is 17.8 Å². The summed E-state index contributed by atoms with van der Waals surface area (Å²) in [6.45, 7) is 11.3. The number of benzene rings is 3. The number of carbonyl (C=O) groups is 2. The lowest BCUT2D eigenvalue weighted by molar-refractivity contribution is -0.135. The number of amides is 2. The van der Waals surface area contributed by atoms with Gasteiger partial charge in [-0.1, -0.05) is 45.9 Å². The van der Waals surface area contributed by atoms with Crippen LogP contribution >= 0.6 is 0 Å². The van der Waals surface area contributed by atoms with Crippen molar-refractivity contribution in [1.29, 1.82) is 0 Å². The number of hydrogen-bond donors (Lipinski definition) is 4. The Balaban J connectivity index is 1.18. The molecule has 0 radical (unpaired) electrons. The first-order valence-electron chi connectivity index (χ1n) is 17.7. The lowest BCUT2D eigenvalue weighted by Gasteiger charge is -2.30. The third-order valence-electron chi connectivity index (χ3n) is 9.93. The summed E-state index contributed by atoms with van der Waals surface area (Å²) in [6, 6.07) is 13.8. The monoisotopic (exact) mass is 693 g/mol. The highest BCUT2D eigenvalue weighted by molar-refractivity contribution is 6.07. The number of likely N-dealkylation sites (tertiary alicyclic amines) is 1. The van der Waals surface area contributed by atoms with E-state index < -0.39 is 12.1 Å². The van der Waals surface area contributed by atoms with Crippen molar-refractivity contribution in [2.75, 3.05) is 33.9 Å². The number of nitrogens with one attached hydrogen (secondary N) is 4. The van der Waals surface area contributed by atoms with E-state index in [4.69, 9.17) is 19.2 Å². The maximum atomic E-state index is 14.0. The number of rotatable bonds is 11. The fourth-order valence-corrected chi connectivity index (χ4v) is 7.37. The zero-order valence-electron chi connectivity index (χ0n) is 30.1. The molecule has 0 bridgehead atoms. The Morgan fingerprint density at radius 3 is 2.67 bits per heavy atom. The number of aromatic nitrogens is 4. The number of nitrogens with zero attached hydrogens (tertiary/aromatic N) is 3. The van der Waals surface area contributed by atoms with Crippen LogP contribution in [0.25, 0.3) is 44.2 Å². The van der Waals surface area contributed by atoms with Crippen LogP contribution in [-0.2, 0) is 27.4 Å². The van der Waals surface area contributed by atoms with Gasteiger partial charge in [-0.05, 0) is 71.1 Å². The Kier molecular flexibility index (Phi) is 9.71. The Morgan fingerprint density at radius 1 is 1.06 bits per heavy atom. The summed E-state index contributed by atoms with van der Waals surface area (Å²) >= 11 is 0. The second-order valence-electron chi connectivity index (χ2n) is 14.5. The SMILES string of the molecule is COCC1CC(c2nc3c(ccc4cc5c(cc43)OCc3cc(-c4cnc(CNCC(C)C)[nH]4)ccc3-5)[nH]2)N(C(=O)C(NC(=O)OC)C(C)C)C1. The smallest absolute Gasteiger partial charge is 0.407 e. The molecule has 5 aromatic rings. The average molecular weight is 694 g/mol. The topological polar surface area (TPSA) is 146 Å². The van der Waals surface area contributed by atoms with E-state index >= 15 is 0 Å². The average Bonchev–Trinajstić information content (AvgIpc) is 3.88. The van der Waals surface area contributed by atoms with Gasteiger partial charge in [0.25, 0.3) is 0 Å². The van der Waals surface area contributed by atoms with Crippen molar-refractivity contribution < 1.29 is 23.8 Å². The molecule has 4 N–H and O–H groups in total. The zero-order valence-corrected chi connectivity index (χ0v) is 30.1. The highest BCUT2D eigenvalue weighted by atomic mass is 16.5. The fraction of sp³-hybridized carbons (Fsp3) is 0.436. The van der Waals surface area contributed by atoms with E-state index in [1.807, 2.05) is 31.0 Å². The Morgan fingerprint density at radius 2 is 1.90 bits per heavy atom. The molecular weight excluding hydrogens is 646 g/mol. The molecule has 2 amide bonds. The molecule has 0 aliphatic carbocycles. The van der Waals surface area contributed by atoms with Crippen LogP contribution in [0.15, 0.2) is 48.7 Å². The predicted molar refractivity (Wildman–Crippen MR) is 196 cm³/mol. The standard InChI is InChI=1S/C39H47N7O5/c1-21(2)15-40-17-34-41-16-31(42-34)25-7-9-27-26(12-25)20-51-33-14-28-24(13-29(27)33)8-10-30-36(28)44-37(43-30)32-11-23(19-49-5)18-46(32)38(47)35(22(3)4)45-39(48)50-6/h7-10,12-14,16,21-23,32,35,40H,11,15,17-20H2,1-6H3,(H,41,42)(H,43,44)(H,45,48). The molecule has 12 heteroatoms. The molecule has 51 heavy (non-hydrogen) atoms. The number of methoxy groups -OCH3 is 2. The summed E-state index contributed by atoms with van der Waals surface area (Å²) in [5.74, 6) is 2.84. The zero-order chi connectivity index (χ0) is 35.8. The first-order valence-corrected chi connectivity index (χ1v) is 17.7. The van der Waals surface area contributed by atoms with E-state index in [0.29, 0.717) is 44.5 Å². The third-order valence-corrected chi connectivity index (χ3v) is 9.93. The summed E-state index contributed by atoms with van der Waals surface area (Å²) in [6.07, 6.45) is 1.95. The van der Waals surface area contributed by atoms with Gasteiger partial charge in [-0.3, -0.25) is 4.79 Å². The second-order valence-corrected chi connectivity index (χ2v) is 14.5.